The van der Waals surface area contributed by atoms with Gasteiger partial charge >= 0.3 is 0 Å². The summed E-state index contributed by atoms with van der Waals surface area (Å²) in [7, 11) is 0. The summed E-state index contributed by atoms with van der Waals surface area (Å²) in [5.41, 5.74) is 1.12. The van der Waals surface area contributed by atoms with Crippen molar-refractivity contribution in [2.24, 2.45) is 0 Å². The van der Waals surface area contributed by atoms with Crippen LogP contribution < -0.4 is 5.32 Å². The van der Waals surface area contributed by atoms with Crippen molar-refractivity contribution in [1.29, 1.82) is 0 Å². The molecule has 4 nitrogen and oxygen atoms in total. The van der Waals surface area contributed by atoms with Crippen molar-refractivity contribution < 1.29 is 4.42 Å². The van der Waals surface area contributed by atoms with E-state index in [0.29, 0.717) is 5.92 Å². The van der Waals surface area contributed by atoms with Crippen LogP contribution in [0.25, 0.3) is 0 Å². The monoisotopic (exact) mass is 303 g/mol. The molecule has 0 atom stereocenters. The minimum absolute atomic E-state index is 0.553. The van der Waals surface area contributed by atoms with E-state index >= 15 is 0 Å². The molecular formula is C16H21N3OS. The van der Waals surface area contributed by atoms with Crippen LogP contribution in [0.2, 0.25) is 0 Å². The van der Waals surface area contributed by atoms with Crippen LogP contribution in [0.5, 0.6) is 0 Å². The number of rotatable bonds is 6. The first-order valence-corrected chi connectivity index (χ1v) is 8.35. The Morgan fingerprint density at radius 2 is 2.14 bits per heavy atom. The van der Waals surface area contributed by atoms with Gasteiger partial charge < -0.3 is 9.73 Å². The lowest BCUT2D eigenvalue weighted by Gasteiger charge is -2.13. The Morgan fingerprint density at radius 1 is 1.33 bits per heavy atom. The molecule has 0 amide bonds. The lowest BCUT2D eigenvalue weighted by Crippen LogP contribution is -2.08. The van der Waals surface area contributed by atoms with Crippen LogP contribution in [0.1, 0.15) is 49.3 Å². The van der Waals surface area contributed by atoms with Crippen LogP contribution in [0, 0.1) is 13.8 Å². The van der Waals surface area contributed by atoms with Crippen molar-refractivity contribution in [1.82, 2.24) is 9.97 Å². The van der Waals surface area contributed by atoms with Gasteiger partial charge in [-0.05, 0) is 39.2 Å². The van der Waals surface area contributed by atoms with Gasteiger partial charge in [-0.25, -0.2) is 9.97 Å². The molecule has 1 aliphatic rings. The van der Waals surface area contributed by atoms with Crippen molar-refractivity contribution >= 4 is 17.6 Å². The second-order valence-electron chi connectivity index (χ2n) is 5.50. The second-order valence-corrected chi connectivity index (χ2v) is 6.54. The standard InChI is InChI=1S/C16H21N3OS/c1-4-8-17-14-10(2)16(19-15(18-14)12-5-6-12)21-13-7-9-20-11(13)3/h7,9,12H,4-6,8H2,1-3H3,(H,17,18,19). The van der Waals surface area contributed by atoms with E-state index in [1.54, 1.807) is 18.0 Å². The maximum Gasteiger partial charge on any atom is 0.135 e. The number of aryl methyl sites for hydroxylation is 1. The summed E-state index contributed by atoms with van der Waals surface area (Å²) >= 11 is 1.67. The molecule has 21 heavy (non-hydrogen) atoms. The molecule has 5 heteroatoms. The molecule has 0 saturated heterocycles. The first kappa shape index (κ1) is 14.4. The lowest BCUT2D eigenvalue weighted by molar-refractivity contribution is 0.527. The Labute approximate surface area is 129 Å². The third-order valence-corrected chi connectivity index (χ3v) is 4.86. The average Bonchev–Trinajstić information content (AvgIpc) is 3.25. The number of anilines is 1. The minimum atomic E-state index is 0.553. The molecule has 112 valence electrons. The van der Waals surface area contributed by atoms with E-state index in [2.05, 4.69) is 19.2 Å². The smallest absolute Gasteiger partial charge is 0.135 e. The molecule has 2 heterocycles. The van der Waals surface area contributed by atoms with Crippen LogP contribution in [0.15, 0.2) is 26.7 Å². The number of aromatic nitrogens is 2. The van der Waals surface area contributed by atoms with Crippen molar-refractivity contribution in [3.05, 3.63) is 29.5 Å². The van der Waals surface area contributed by atoms with E-state index in [-0.39, 0.29) is 0 Å². The summed E-state index contributed by atoms with van der Waals surface area (Å²) in [6.45, 7) is 7.18. The summed E-state index contributed by atoms with van der Waals surface area (Å²) in [6, 6.07) is 2.00. The zero-order chi connectivity index (χ0) is 14.8. The van der Waals surface area contributed by atoms with Crippen LogP contribution in [-0.4, -0.2) is 16.5 Å². The van der Waals surface area contributed by atoms with Gasteiger partial charge in [-0.1, -0.05) is 18.7 Å². The highest BCUT2D eigenvalue weighted by Gasteiger charge is 2.28. The molecule has 1 saturated carbocycles. The first-order chi connectivity index (χ1) is 10.2. The highest BCUT2D eigenvalue weighted by Crippen LogP contribution is 2.41. The zero-order valence-corrected chi connectivity index (χ0v) is 13.6. The normalized spacial score (nSPS) is 14.4. The zero-order valence-electron chi connectivity index (χ0n) is 12.8. The van der Waals surface area contributed by atoms with Crippen molar-refractivity contribution in [3.8, 4) is 0 Å². The van der Waals surface area contributed by atoms with Gasteiger partial charge in [0.1, 0.15) is 22.4 Å². The quantitative estimate of drug-likeness (QED) is 0.794. The van der Waals surface area contributed by atoms with E-state index in [0.717, 1.165) is 45.9 Å². The van der Waals surface area contributed by atoms with Gasteiger partial charge in [-0.2, -0.15) is 0 Å². The molecule has 1 fully saturated rings. The van der Waals surface area contributed by atoms with Crippen LogP contribution in [0.3, 0.4) is 0 Å². The van der Waals surface area contributed by atoms with Crippen molar-refractivity contribution in [3.63, 3.8) is 0 Å². The number of nitrogens with zero attached hydrogens (tertiary/aromatic N) is 2. The van der Waals surface area contributed by atoms with E-state index in [1.165, 1.54) is 12.8 Å². The van der Waals surface area contributed by atoms with E-state index in [1.807, 2.05) is 13.0 Å². The van der Waals surface area contributed by atoms with Crippen LogP contribution in [0.4, 0.5) is 5.82 Å². The van der Waals surface area contributed by atoms with Gasteiger partial charge in [0.25, 0.3) is 0 Å². The summed E-state index contributed by atoms with van der Waals surface area (Å²) in [5.74, 6) is 3.46. The molecule has 2 aromatic heterocycles. The Hall–Kier alpha value is -1.49. The third-order valence-electron chi connectivity index (χ3n) is 3.62. The molecule has 0 radical (unpaired) electrons. The largest absolute Gasteiger partial charge is 0.468 e. The van der Waals surface area contributed by atoms with Gasteiger partial charge in [0.15, 0.2) is 0 Å². The molecule has 0 aromatic carbocycles. The molecule has 0 unspecified atom stereocenters. The molecule has 0 spiro atoms. The Bertz CT molecular complexity index is 634. The highest BCUT2D eigenvalue weighted by molar-refractivity contribution is 7.99. The maximum absolute atomic E-state index is 5.38. The minimum Gasteiger partial charge on any atom is -0.468 e. The molecule has 0 aliphatic heterocycles. The van der Waals surface area contributed by atoms with Gasteiger partial charge in [-0.3, -0.25) is 0 Å². The van der Waals surface area contributed by atoms with Gasteiger partial charge in [0, 0.05) is 18.0 Å². The Kier molecular flexibility index (Phi) is 4.19. The summed E-state index contributed by atoms with van der Waals surface area (Å²) < 4.78 is 5.38. The van der Waals surface area contributed by atoms with Gasteiger partial charge in [0.05, 0.1) is 11.2 Å². The number of furan rings is 1. The highest BCUT2D eigenvalue weighted by atomic mass is 32.2. The SMILES string of the molecule is CCCNc1nc(C2CC2)nc(Sc2ccoc2C)c1C. The van der Waals surface area contributed by atoms with Gasteiger partial charge in [0.2, 0.25) is 0 Å². The topological polar surface area (TPSA) is 51.0 Å². The van der Waals surface area contributed by atoms with Gasteiger partial charge in [-0.15, -0.1) is 0 Å². The number of hydrogen-bond donors (Lipinski definition) is 1. The summed E-state index contributed by atoms with van der Waals surface area (Å²) in [4.78, 5) is 10.6. The number of nitrogens with one attached hydrogen (secondary N) is 1. The van der Waals surface area contributed by atoms with Crippen molar-refractivity contribution in [2.75, 3.05) is 11.9 Å². The fourth-order valence-electron chi connectivity index (χ4n) is 2.13. The van der Waals surface area contributed by atoms with E-state index in [4.69, 9.17) is 14.4 Å². The fourth-order valence-corrected chi connectivity index (χ4v) is 3.05. The summed E-state index contributed by atoms with van der Waals surface area (Å²) in [5, 5.41) is 4.47. The molecule has 3 rings (SSSR count). The maximum atomic E-state index is 5.38. The molecule has 0 bridgehead atoms. The third kappa shape index (κ3) is 3.23. The Morgan fingerprint density at radius 3 is 2.76 bits per heavy atom. The molecule has 1 N–H and O–H groups in total. The van der Waals surface area contributed by atoms with Crippen LogP contribution >= 0.6 is 11.8 Å². The van der Waals surface area contributed by atoms with Crippen LogP contribution in [-0.2, 0) is 0 Å². The van der Waals surface area contributed by atoms with Crippen molar-refractivity contribution in [2.45, 2.75) is 55.9 Å². The first-order valence-electron chi connectivity index (χ1n) is 7.53. The summed E-state index contributed by atoms with van der Waals surface area (Å²) in [6.07, 6.45) is 5.24. The molecular weight excluding hydrogens is 282 g/mol. The molecule has 1 aliphatic carbocycles. The predicted octanol–water partition coefficient (Wildman–Crippen LogP) is 4.54. The predicted molar refractivity (Wildman–Crippen MR) is 85.1 cm³/mol. The fraction of sp³-hybridized carbons (Fsp3) is 0.500. The van der Waals surface area contributed by atoms with E-state index < -0.39 is 0 Å². The lowest BCUT2D eigenvalue weighted by atomic mass is 10.3. The molecule has 2 aromatic rings. The second kappa shape index (κ2) is 6.10. The average molecular weight is 303 g/mol. The number of hydrogen-bond acceptors (Lipinski definition) is 5. The Balaban J connectivity index is 1.93. The van der Waals surface area contributed by atoms with E-state index in [9.17, 15) is 0 Å².